The highest BCUT2D eigenvalue weighted by Crippen LogP contribution is 2.13. The molecule has 0 aromatic heterocycles. The Labute approximate surface area is 87.6 Å². The molecule has 5 heteroatoms. The summed E-state index contributed by atoms with van der Waals surface area (Å²) in [5.74, 6) is -1.09. The summed E-state index contributed by atoms with van der Waals surface area (Å²) in [7, 11) is 0. The van der Waals surface area contributed by atoms with E-state index in [2.05, 4.69) is 10.5 Å². The lowest BCUT2D eigenvalue weighted by Crippen LogP contribution is -2.30. The summed E-state index contributed by atoms with van der Waals surface area (Å²) in [5.41, 5.74) is 7.94. The van der Waals surface area contributed by atoms with E-state index in [1.54, 1.807) is 6.07 Å². The standard InChI is InChI=1S/C10H13N3O2/c1-6-3-4-8(5-7(6)2)12-10(14)9(11)13-15/h3-5,15H,1-2H3,(H2,11,13)(H,12,14). The molecule has 0 aliphatic carbocycles. The molecule has 1 amide bonds. The number of nitrogens with zero attached hydrogens (tertiary/aromatic N) is 1. The van der Waals surface area contributed by atoms with Crippen LogP contribution in [0.25, 0.3) is 0 Å². The van der Waals surface area contributed by atoms with E-state index >= 15 is 0 Å². The largest absolute Gasteiger partial charge is 0.409 e. The summed E-state index contributed by atoms with van der Waals surface area (Å²) in [6.07, 6.45) is 0. The Kier molecular flexibility index (Phi) is 3.28. The number of carbonyl (C=O) groups excluding carboxylic acids is 1. The lowest BCUT2D eigenvalue weighted by Gasteiger charge is -2.06. The number of aryl methyl sites for hydroxylation is 2. The van der Waals surface area contributed by atoms with Crippen LogP contribution < -0.4 is 11.1 Å². The number of oxime groups is 1. The molecule has 0 atom stereocenters. The van der Waals surface area contributed by atoms with Gasteiger partial charge in [0, 0.05) is 5.69 Å². The van der Waals surface area contributed by atoms with Crippen molar-refractivity contribution in [2.24, 2.45) is 10.9 Å². The van der Waals surface area contributed by atoms with E-state index in [0.29, 0.717) is 5.69 Å². The topological polar surface area (TPSA) is 87.7 Å². The quantitative estimate of drug-likeness (QED) is 0.278. The number of hydrogen-bond acceptors (Lipinski definition) is 3. The van der Waals surface area contributed by atoms with E-state index in [-0.39, 0.29) is 0 Å². The molecule has 1 rings (SSSR count). The minimum atomic E-state index is -0.624. The lowest BCUT2D eigenvalue weighted by atomic mass is 10.1. The molecule has 5 nitrogen and oxygen atoms in total. The Morgan fingerprint density at radius 1 is 1.40 bits per heavy atom. The molecule has 0 aliphatic rings. The van der Waals surface area contributed by atoms with Crippen molar-refractivity contribution in [1.82, 2.24) is 0 Å². The molecule has 0 fully saturated rings. The molecule has 0 saturated carbocycles. The zero-order valence-corrected chi connectivity index (χ0v) is 8.61. The molecule has 0 spiro atoms. The number of anilines is 1. The zero-order valence-electron chi connectivity index (χ0n) is 8.61. The molecule has 15 heavy (non-hydrogen) atoms. The summed E-state index contributed by atoms with van der Waals surface area (Å²) < 4.78 is 0. The molecule has 0 heterocycles. The summed E-state index contributed by atoms with van der Waals surface area (Å²) in [6, 6.07) is 5.46. The lowest BCUT2D eigenvalue weighted by molar-refractivity contribution is -0.110. The van der Waals surface area contributed by atoms with E-state index in [0.717, 1.165) is 11.1 Å². The maximum absolute atomic E-state index is 11.2. The fraction of sp³-hybridized carbons (Fsp3) is 0.200. The zero-order chi connectivity index (χ0) is 11.4. The van der Waals surface area contributed by atoms with Gasteiger partial charge < -0.3 is 16.3 Å². The van der Waals surface area contributed by atoms with Crippen LogP contribution in [0.1, 0.15) is 11.1 Å². The van der Waals surface area contributed by atoms with Crippen LogP contribution in [0.5, 0.6) is 0 Å². The van der Waals surface area contributed by atoms with E-state index in [1.807, 2.05) is 26.0 Å². The highest BCUT2D eigenvalue weighted by molar-refractivity contribution is 6.41. The Bertz CT molecular complexity index is 413. The first-order valence-corrected chi connectivity index (χ1v) is 4.40. The molecule has 0 bridgehead atoms. The van der Waals surface area contributed by atoms with Crippen molar-refractivity contribution in [3.05, 3.63) is 29.3 Å². The summed E-state index contributed by atoms with van der Waals surface area (Å²) in [5, 5.41) is 13.4. The van der Waals surface area contributed by atoms with Gasteiger partial charge in [-0.3, -0.25) is 4.79 Å². The van der Waals surface area contributed by atoms with E-state index in [9.17, 15) is 4.79 Å². The minimum Gasteiger partial charge on any atom is -0.409 e. The third kappa shape index (κ3) is 2.70. The van der Waals surface area contributed by atoms with Gasteiger partial charge in [-0.25, -0.2) is 0 Å². The predicted octanol–water partition coefficient (Wildman–Crippen LogP) is 0.988. The Hall–Kier alpha value is -2.04. The Morgan fingerprint density at radius 3 is 2.60 bits per heavy atom. The normalized spacial score (nSPS) is 11.2. The molecular formula is C10H13N3O2. The molecule has 1 aromatic carbocycles. The average Bonchev–Trinajstić information content (AvgIpc) is 2.22. The summed E-state index contributed by atoms with van der Waals surface area (Å²) >= 11 is 0. The monoisotopic (exact) mass is 207 g/mol. The number of benzene rings is 1. The van der Waals surface area contributed by atoms with Crippen LogP contribution in [-0.4, -0.2) is 17.0 Å². The minimum absolute atomic E-state index is 0.465. The second kappa shape index (κ2) is 4.45. The average molecular weight is 207 g/mol. The van der Waals surface area contributed by atoms with Crippen molar-refractivity contribution in [1.29, 1.82) is 0 Å². The van der Waals surface area contributed by atoms with Crippen LogP contribution in [-0.2, 0) is 4.79 Å². The van der Waals surface area contributed by atoms with Crippen LogP contribution in [0, 0.1) is 13.8 Å². The maximum atomic E-state index is 11.2. The van der Waals surface area contributed by atoms with Crippen molar-refractivity contribution in [3.63, 3.8) is 0 Å². The number of hydrogen-bond donors (Lipinski definition) is 3. The molecule has 4 N–H and O–H groups in total. The highest BCUT2D eigenvalue weighted by Gasteiger charge is 2.07. The number of nitrogens with two attached hydrogens (primary N) is 1. The van der Waals surface area contributed by atoms with E-state index in [4.69, 9.17) is 10.9 Å². The third-order valence-corrected chi connectivity index (χ3v) is 2.11. The van der Waals surface area contributed by atoms with Crippen LogP contribution in [0.2, 0.25) is 0 Å². The fourth-order valence-electron chi connectivity index (χ4n) is 1.06. The fourth-order valence-corrected chi connectivity index (χ4v) is 1.06. The van der Waals surface area contributed by atoms with Crippen LogP contribution in [0.4, 0.5) is 5.69 Å². The van der Waals surface area contributed by atoms with Gasteiger partial charge in [0.05, 0.1) is 0 Å². The SMILES string of the molecule is Cc1ccc(NC(=O)/C(N)=N\O)cc1C. The highest BCUT2D eigenvalue weighted by atomic mass is 16.4. The van der Waals surface area contributed by atoms with E-state index in [1.165, 1.54) is 0 Å². The predicted molar refractivity (Wildman–Crippen MR) is 58.0 cm³/mol. The van der Waals surface area contributed by atoms with Crippen molar-refractivity contribution >= 4 is 17.4 Å². The van der Waals surface area contributed by atoms with Crippen molar-refractivity contribution in [3.8, 4) is 0 Å². The van der Waals surface area contributed by atoms with Crippen molar-refractivity contribution in [2.45, 2.75) is 13.8 Å². The van der Waals surface area contributed by atoms with Gasteiger partial charge in [-0.2, -0.15) is 0 Å². The van der Waals surface area contributed by atoms with Gasteiger partial charge in [0.15, 0.2) is 0 Å². The first-order valence-electron chi connectivity index (χ1n) is 4.40. The van der Waals surface area contributed by atoms with Crippen molar-refractivity contribution < 1.29 is 10.0 Å². The molecule has 0 aliphatic heterocycles. The third-order valence-electron chi connectivity index (χ3n) is 2.11. The Balaban J connectivity index is 2.82. The van der Waals surface area contributed by atoms with Gasteiger partial charge in [-0.1, -0.05) is 11.2 Å². The van der Waals surface area contributed by atoms with Gasteiger partial charge in [0.25, 0.3) is 5.91 Å². The molecule has 0 radical (unpaired) electrons. The molecule has 0 saturated heterocycles. The smallest absolute Gasteiger partial charge is 0.294 e. The summed E-state index contributed by atoms with van der Waals surface area (Å²) in [4.78, 5) is 11.2. The number of amides is 1. The molecule has 80 valence electrons. The maximum Gasteiger partial charge on any atom is 0.294 e. The van der Waals surface area contributed by atoms with Gasteiger partial charge >= 0.3 is 0 Å². The van der Waals surface area contributed by atoms with Crippen molar-refractivity contribution in [2.75, 3.05) is 5.32 Å². The van der Waals surface area contributed by atoms with Gasteiger partial charge in [0.2, 0.25) is 5.84 Å². The number of nitrogens with one attached hydrogen (secondary N) is 1. The molecule has 1 aromatic rings. The van der Waals surface area contributed by atoms with Crippen LogP contribution in [0.15, 0.2) is 23.4 Å². The number of amidine groups is 1. The summed E-state index contributed by atoms with van der Waals surface area (Å²) in [6.45, 7) is 3.92. The van der Waals surface area contributed by atoms with Gasteiger partial charge in [-0.05, 0) is 37.1 Å². The van der Waals surface area contributed by atoms with E-state index < -0.39 is 11.7 Å². The molecule has 0 unspecified atom stereocenters. The first-order chi connectivity index (χ1) is 7.04. The van der Waals surface area contributed by atoms with Crippen LogP contribution >= 0.6 is 0 Å². The second-order valence-corrected chi connectivity index (χ2v) is 3.24. The van der Waals surface area contributed by atoms with Crippen LogP contribution in [0.3, 0.4) is 0 Å². The first kappa shape index (κ1) is 11.0. The number of rotatable bonds is 1. The van der Waals surface area contributed by atoms with Gasteiger partial charge in [0.1, 0.15) is 0 Å². The Morgan fingerprint density at radius 2 is 2.07 bits per heavy atom. The van der Waals surface area contributed by atoms with Gasteiger partial charge in [-0.15, -0.1) is 0 Å². The second-order valence-electron chi connectivity index (χ2n) is 3.24. The molecular weight excluding hydrogens is 194 g/mol. The number of carbonyl (C=O) groups is 1.